The summed E-state index contributed by atoms with van der Waals surface area (Å²) in [6.45, 7) is 5.86. The number of para-hydroxylation sites is 1. The number of hydrogen-bond acceptors (Lipinski definition) is 3. The van der Waals surface area contributed by atoms with Gasteiger partial charge in [-0.1, -0.05) is 51.3 Å². The molecule has 2 N–H and O–H groups in total. The molecule has 138 valence electrons. The van der Waals surface area contributed by atoms with Crippen LogP contribution in [0.25, 0.3) is 0 Å². The Balaban J connectivity index is 2.37. The van der Waals surface area contributed by atoms with Crippen LogP contribution >= 0.6 is 0 Å². The van der Waals surface area contributed by atoms with E-state index in [9.17, 15) is 9.59 Å². The summed E-state index contributed by atoms with van der Waals surface area (Å²) in [5.41, 5.74) is 7.54. The molecular weight excluding hydrogens is 314 g/mol. The highest BCUT2D eigenvalue weighted by Crippen LogP contribution is 2.25. The quantitative estimate of drug-likeness (QED) is 0.896. The van der Waals surface area contributed by atoms with Gasteiger partial charge >= 0.3 is 0 Å². The molecule has 0 fully saturated rings. The fourth-order valence-corrected chi connectivity index (χ4v) is 3.30. The second-order valence-corrected chi connectivity index (χ2v) is 7.06. The highest BCUT2D eigenvalue weighted by atomic mass is 16.2. The molecule has 2 amide bonds. The predicted octanol–water partition coefficient (Wildman–Crippen LogP) is 2.93. The zero-order valence-corrected chi connectivity index (χ0v) is 15.5. The molecule has 0 saturated heterocycles. The van der Waals surface area contributed by atoms with E-state index in [1.807, 2.05) is 47.9 Å². The first-order valence-corrected chi connectivity index (χ1v) is 9.41. The number of anilines is 1. The molecule has 1 aromatic rings. The average molecular weight is 345 g/mol. The van der Waals surface area contributed by atoms with Crippen molar-refractivity contribution in [1.82, 2.24) is 4.90 Å². The van der Waals surface area contributed by atoms with Crippen molar-refractivity contribution in [3.63, 3.8) is 0 Å². The lowest BCUT2D eigenvalue weighted by Crippen LogP contribution is -2.39. The molecule has 0 radical (unpaired) electrons. The van der Waals surface area contributed by atoms with Crippen molar-refractivity contribution < 1.29 is 9.59 Å². The second-order valence-electron chi connectivity index (χ2n) is 7.06. The van der Waals surface area contributed by atoms with E-state index in [0.717, 1.165) is 56.4 Å². The zero-order valence-electron chi connectivity index (χ0n) is 15.5. The Hall–Kier alpha value is -1.88. The van der Waals surface area contributed by atoms with Gasteiger partial charge in [-0.3, -0.25) is 9.59 Å². The van der Waals surface area contributed by atoms with Gasteiger partial charge in [0.05, 0.1) is 6.54 Å². The first kappa shape index (κ1) is 19.4. The number of carbonyl (C=O) groups is 2. The highest BCUT2D eigenvalue weighted by Gasteiger charge is 2.23. The lowest BCUT2D eigenvalue weighted by Gasteiger charge is -2.30. The van der Waals surface area contributed by atoms with Crippen LogP contribution < -0.4 is 10.6 Å². The van der Waals surface area contributed by atoms with E-state index in [0.29, 0.717) is 6.54 Å². The van der Waals surface area contributed by atoms with Crippen LogP contribution in [0, 0.1) is 5.92 Å². The minimum atomic E-state index is -0.0530. The van der Waals surface area contributed by atoms with Crippen molar-refractivity contribution in [3.8, 4) is 0 Å². The van der Waals surface area contributed by atoms with E-state index in [1.54, 1.807) is 0 Å². The molecule has 0 bridgehead atoms. The zero-order chi connectivity index (χ0) is 18.2. The molecule has 0 unspecified atom stereocenters. The van der Waals surface area contributed by atoms with Crippen LogP contribution in [0.2, 0.25) is 0 Å². The molecule has 0 saturated carbocycles. The Bertz CT molecular complexity index is 586. The molecule has 5 heteroatoms. The van der Waals surface area contributed by atoms with Gasteiger partial charge in [-0.2, -0.15) is 0 Å². The third-order valence-corrected chi connectivity index (χ3v) is 4.74. The summed E-state index contributed by atoms with van der Waals surface area (Å²) >= 11 is 0. The maximum absolute atomic E-state index is 12.8. The topological polar surface area (TPSA) is 66.6 Å². The summed E-state index contributed by atoms with van der Waals surface area (Å²) in [4.78, 5) is 28.8. The van der Waals surface area contributed by atoms with Gasteiger partial charge in [0.25, 0.3) is 0 Å². The number of amides is 2. The maximum atomic E-state index is 12.8. The minimum Gasteiger partial charge on any atom is -0.337 e. The average Bonchev–Trinajstić information content (AvgIpc) is 2.61. The number of rotatable bonds is 2. The molecule has 0 atom stereocenters. The van der Waals surface area contributed by atoms with Gasteiger partial charge in [0.15, 0.2) is 0 Å². The van der Waals surface area contributed by atoms with Crippen molar-refractivity contribution in [3.05, 3.63) is 29.8 Å². The molecular formula is C20H31N3O2. The first-order valence-electron chi connectivity index (χ1n) is 9.41. The maximum Gasteiger partial charge on any atom is 0.236 e. The van der Waals surface area contributed by atoms with Crippen LogP contribution in [0.5, 0.6) is 0 Å². The van der Waals surface area contributed by atoms with E-state index < -0.39 is 0 Å². The van der Waals surface area contributed by atoms with Crippen LogP contribution in [0.3, 0.4) is 0 Å². The van der Waals surface area contributed by atoms with E-state index in [-0.39, 0.29) is 24.3 Å². The largest absolute Gasteiger partial charge is 0.337 e. The number of benzene rings is 1. The molecule has 1 aromatic carbocycles. The van der Waals surface area contributed by atoms with Gasteiger partial charge in [0, 0.05) is 31.2 Å². The van der Waals surface area contributed by atoms with Crippen molar-refractivity contribution >= 4 is 17.5 Å². The molecule has 1 aliphatic heterocycles. The number of fused-ring (bicyclic) bond motifs is 1. The third kappa shape index (κ3) is 5.30. The SMILES string of the molecule is CC(C)C(=O)N1CCCCCCCN(C(=O)CN)Cc2ccccc21. The number of nitrogens with two attached hydrogens (primary N) is 1. The van der Waals surface area contributed by atoms with Crippen molar-refractivity contribution in [2.24, 2.45) is 11.7 Å². The molecule has 0 spiro atoms. The van der Waals surface area contributed by atoms with E-state index >= 15 is 0 Å². The summed E-state index contributed by atoms with van der Waals surface area (Å²) < 4.78 is 0. The number of carbonyl (C=O) groups excluding carboxylic acids is 2. The Morgan fingerprint density at radius 1 is 1.04 bits per heavy atom. The van der Waals surface area contributed by atoms with Gasteiger partial charge in [-0.05, 0) is 24.5 Å². The standard InChI is InChI=1S/C20H31N3O2/c1-16(2)20(25)23-13-9-5-3-4-8-12-22(19(24)14-21)15-17-10-6-7-11-18(17)23/h6-7,10-11,16H,3-5,8-9,12-15,21H2,1-2H3. The molecule has 1 heterocycles. The normalized spacial score (nSPS) is 16.8. The summed E-state index contributed by atoms with van der Waals surface area (Å²) in [7, 11) is 0. The summed E-state index contributed by atoms with van der Waals surface area (Å²) in [6.07, 6.45) is 5.36. The summed E-state index contributed by atoms with van der Waals surface area (Å²) in [6, 6.07) is 7.93. The first-order chi connectivity index (χ1) is 12.0. The lowest BCUT2D eigenvalue weighted by molar-refractivity contribution is -0.130. The lowest BCUT2D eigenvalue weighted by atomic mass is 10.1. The molecule has 5 nitrogen and oxygen atoms in total. The van der Waals surface area contributed by atoms with E-state index in [4.69, 9.17) is 5.73 Å². The van der Waals surface area contributed by atoms with Gasteiger partial charge in [-0.25, -0.2) is 0 Å². The van der Waals surface area contributed by atoms with Gasteiger partial charge in [-0.15, -0.1) is 0 Å². The molecule has 25 heavy (non-hydrogen) atoms. The minimum absolute atomic E-state index is 0.0246. The van der Waals surface area contributed by atoms with Crippen molar-refractivity contribution in [2.75, 3.05) is 24.5 Å². The van der Waals surface area contributed by atoms with Crippen LogP contribution in [-0.4, -0.2) is 36.3 Å². The Morgan fingerprint density at radius 2 is 1.68 bits per heavy atom. The fraction of sp³-hybridized carbons (Fsp3) is 0.600. The summed E-state index contributed by atoms with van der Waals surface area (Å²) in [5, 5.41) is 0. The second kappa shape index (κ2) is 9.56. The van der Waals surface area contributed by atoms with E-state index in [2.05, 4.69) is 0 Å². The van der Waals surface area contributed by atoms with Crippen LogP contribution in [-0.2, 0) is 16.1 Å². The fourth-order valence-electron chi connectivity index (χ4n) is 3.30. The number of nitrogens with zero attached hydrogens (tertiary/aromatic N) is 2. The van der Waals surface area contributed by atoms with Gasteiger partial charge < -0.3 is 15.5 Å². The molecule has 0 aromatic heterocycles. The monoisotopic (exact) mass is 345 g/mol. The summed E-state index contributed by atoms with van der Waals surface area (Å²) in [5.74, 6) is 0.0533. The Kier molecular flexibility index (Phi) is 7.44. The molecule has 1 aliphatic rings. The Labute approximate surface area is 151 Å². The Morgan fingerprint density at radius 3 is 2.36 bits per heavy atom. The van der Waals surface area contributed by atoms with Crippen LogP contribution in [0.1, 0.15) is 51.5 Å². The van der Waals surface area contributed by atoms with Gasteiger partial charge in [0.1, 0.15) is 0 Å². The molecule has 2 rings (SSSR count). The predicted molar refractivity (Wildman–Crippen MR) is 101 cm³/mol. The molecule has 0 aliphatic carbocycles. The smallest absolute Gasteiger partial charge is 0.236 e. The number of hydrogen-bond donors (Lipinski definition) is 1. The van der Waals surface area contributed by atoms with E-state index in [1.165, 1.54) is 0 Å². The van der Waals surface area contributed by atoms with Crippen molar-refractivity contribution in [2.45, 2.75) is 52.5 Å². The van der Waals surface area contributed by atoms with Crippen LogP contribution in [0.15, 0.2) is 24.3 Å². The highest BCUT2D eigenvalue weighted by molar-refractivity contribution is 5.95. The van der Waals surface area contributed by atoms with Crippen molar-refractivity contribution in [1.29, 1.82) is 0 Å². The van der Waals surface area contributed by atoms with Gasteiger partial charge in [0.2, 0.25) is 11.8 Å². The van der Waals surface area contributed by atoms with Crippen LogP contribution in [0.4, 0.5) is 5.69 Å². The third-order valence-electron chi connectivity index (χ3n) is 4.74.